The first kappa shape index (κ1) is 26.2. The maximum atomic E-state index is 14.1. The molecule has 0 saturated carbocycles. The minimum Gasteiger partial charge on any atom is -0.497 e. The van der Waals surface area contributed by atoms with Crippen LogP contribution in [0.15, 0.2) is 60.0 Å². The van der Waals surface area contributed by atoms with Gasteiger partial charge in [0.05, 0.1) is 25.4 Å². The number of hydrogen-bond donors (Lipinski definition) is 1. The Bertz CT molecular complexity index is 1380. The lowest BCUT2D eigenvalue weighted by Gasteiger charge is -2.34. The van der Waals surface area contributed by atoms with Gasteiger partial charge in [-0.25, -0.2) is 4.68 Å². The monoisotopic (exact) mass is 521 g/mol. The highest BCUT2D eigenvalue weighted by Crippen LogP contribution is 2.39. The summed E-state index contributed by atoms with van der Waals surface area (Å²) in [5, 5.41) is 13.4. The third-order valence-electron chi connectivity index (χ3n) is 6.29. The van der Waals surface area contributed by atoms with Crippen molar-refractivity contribution in [2.75, 3.05) is 19.1 Å². The number of methoxy groups -OCH3 is 2. The first-order valence-electron chi connectivity index (χ1n) is 12.0. The number of ether oxygens (including phenoxy) is 2. The van der Waals surface area contributed by atoms with Crippen LogP contribution in [-0.4, -0.2) is 46.6 Å². The zero-order valence-corrected chi connectivity index (χ0v) is 22.4. The molecule has 0 fully saturated rings. The molecule has 9 nitrogen and oxygen atoms in total. The van der Waals surface area contributed by atoms with E-state index in [1.807, 2.05) is 62.5 Å². The first-order chi connectivity index (χ1) is 17.8. The van der Waals surface area contributed by atoms with Gasteiger partial charge in [0, 0.05) is 16.5 Å². The standard InChI is InChI=1S/C27H31N5O4S/c1-6-27(2,3)28-26(34)25(23-12-9-15-37-23)32(21-14-13-18(35-4)16-22(21)36-5)24(33)17-31-20-11-8-7-10-19(20)29-30-31/h7-16,25H,6,17H2,1-5H3,(H,28,34). The van der Waals surface area contributed by atoms with Gasteiger partial charge in [-0.15, -0.1) is 16.4 Å². The molecule has 0 saturated heterocycles. The third-order valence-corrected chi connectivity index (χ3v) is 7.21. The molecule has 0 aliphatic carbocycles. The van der Waals surface area contributed by atoms with E-state index in [9.17, 15) is 9.59 Å². The number of anilines is 1. The maximum absolute atomic E-state index is 14.1. The van der Waals surface area contributed by atoms with Crippen molar-refractivity contribution < 1.29 is 19.1 Å². The molecule has 0 bridgehead atoms. The SMILES string of the molecule is CCC(C)(C)NC(=O)C(c1cccs1)N(C(=O)Cn1nnc2ccccc21)c1ccc(OC)cc1OC. The molecule has 0 aliphatic heterocycles. The van der Waals surface area contributed by atoms with E-state index >= 15 is 0 Å². The Labute approximate surface area is 220 Å². The fraction of sp³-hybridized carbons (Fsp3) is 0.333. The molecule has 10 heteroatoms. The van der Waals surface area contributed by atoms with Crippen LogP contribution in [0.4, 0.5) is 5.69 Å². The lowest BCUT2D eigenvalue weighted by atomic mass is 10.0. The maximum Gasteiger partial charge on any atom is 0.249 e. The van der Waals surface area contributed by atoms with Crippen LogP contribution in [0.2, 0.25) is 0 Å². The van der Waals surface area contributed by atoms with Gasteiger partial charge in [0.25, 0.3) is 0 Å². The van der Waals surface area contributed by atoms with Crippen molar-refractivity contribution in [1.29, 1.82) is 0 Å². The van der Waals surface area contributed by atoms with Crippen molar-refractivity contribution in [3.8, 4) is 11.5 Å². The summed E-state index contributed by atoms with van der Waals surface area (Å²) in [6.07, 6.45) is 0.723. The Hall–Kier alpha value is -3.92. The Kier molecular flexibility index (Phi) is 7.77. The van der Waals surface area contributed by atoms with Crippen LogP contribution in [-0.2, 0) is 16.1 Å². The second-order valence-corrected chi connectivity index (χ2v) is 10.2. The molecule has 2 heterocycles. The van der Waals surface area contributed by atoms with Crippen molar-refractivity contribution in [3.05, 3.63) is 64.9 Å². The quantitative estimate of drug-likeness (QED) is 0.328. The number of nitrogens with zero attached hydrogens (tertiary/aromatic N) is 4. The number of aromatic nitrogens is 3. The number of rotatable bonds is 10. The van der Waals surface area contributed by atoms with E-state index in [2.05, 4.69) is 15.6 Å². The molecule has 4 rings (SSSR count). The fourth-order valence-electron chi connectivity index (χ4n) is 3.95. The van der Waals surface area contributed by atoms with Gasteiger partial charge < -0.3 is 14.8 Å². The Morgan fingerprint density at radius 3 is 2.57 bits per heavy atom. The van der Waals surface area contributed by atoms with Gasteiger partial charge in [-0.05, 0) is 56.0 Å². The number of carbonyl (C=O) groups is 2. The van der Waals surface area contributed by atoms with Gasteiger partial charge in [0.15, 0.2) is 0 Å². The molecule has 194 valence electrons. The summed E-state index contributed by atoms with van der Waals surface area (Å²) in [4.78, 5) is 30.2. The van der Waals surface area contributed by atoms with Crippen LogP contribution in [0.3, 0.4) is 0 Å². The van der Waals surface area contributed by atoms with Crippen molar-refractivity contribution in [3.63, 3.8) is 0 Å². The Balaban J connectivity index is 1.84. The summed E-state index contributed by atoms with van der Waals surface area (Å²) < 4.78 is 12.6. The number of carbonyl (C=O) groups excluding carboxylic acids is 2. The number of benzene rings is 2. The average Bonchev–Trinajstić information content (AvgIpc) is 3.57. The molecule has 4 aromatic rings. The Morgan fingerprint density at radius 2 is 1.89 bits per heavy atom. The molecule has 37 heavy (non-hydrogen) atoms. The van der Waals surface area contributed by atoms with Gasteiger partial charge >= 0.3 is 0 Å². The van der Waals surface area contributed by atoms with E-state index in [-0.39, 0.29) is 18.4 Å². The molecule has 1 atom stereocenters. The number of para-hydroxylation sites is 1. The van der Waals surface area contributed by atoms with Crippen molar-refractivity contribution >= 4 is 39.9 Å². The van der Waals surface area contributed by atoms with E-state index in [1.165, 1.54) is 23.3 Å². The number of fused-ring (bicyclic) bond motifs is 1. The van der Waals surface area contributed by atoms with Crippen LogP contribution in [0.1, 0.15) is 38.1 Å². The lowest BCUT2D eigenvalue weighted by Crippen LogP contribution is -2.51. The molecule has 0 spiro atoms. The highest BCUT2D eigenvalue weighted by atomic mass is 32.1. The van der Waals surface area contributed by atoms with E-state index < -0.39 is 11.6 Å². The summed E-state index contributed by atoms with van der Waals surface area (Å²) in [6, 6.07) is 15.4. The highest BCUT2D eigenvalue weighted by Gasteiger charge is 2.37. The molecule has 1 N–H and O–H groups in total. The summed E-state index contributed by atoms with van der Waals surface area (Å²) in [6.45, 7) is 5.80. The van der Waals surface area contributed by atoms with Crippen LogP contribution in [0.5, 0.6) is 11.5 Å². The van der Waals surface area contributed by atoms with Crippen LogP contribution < -0.4 is 19.7 Å². The van der Waals surface area contributed by atoms with Gasteiger partial charge in [0.1, 0.15) is 29.6 Å². The minimum absolute atomic E-state index is 0.123. The highest BCUT2D eigenvalue weighted by molar-refractivity contribution is 7.10. The average molecular weight is 522 g/mol. The number of nitrogens with one attached hydrogen (secondary N) is 1. The smallest absolute Gasteiger partial charge is 0.249 e. The summed E-state index contributed by atoms with van der Waals surface area (Å²) in [7, 11) is 3.08. The first-order valence-corrected chi connectivity index (χ1v) is 12.8. The van der Waals surface area contributed by atoms with Crippen LogP contribution >= 0.6 is 11.3 Å². The molecule has 2 aromatic heterocycles. The zero-order chi connectivity index (χ0) is 26.6. The van der Waals surface area contributed by atoms with Crippen LogP contribution in [0, 0.1) is 0 Å². The van der Waals surface area contributed by atoms with E-state index in [0.717, 1.165) is 16.8 Å². The summed E-state index contributed by atoms with van der Waals surface area (Å²) in [5.41, 5.74) is 1.39. The topological polar surface area (TPSA) is 98.6 Å². The van der Waals surface area contributed by atoms with E-state index in [4.69, 9.17) is 9.47 Å². The number of amides is 2. The second kappa shape index (κ2) is 11.0. The van der Waals surface area contributed by atoms with E-state index in [1.54, 1.807) is 30.0 Å². The predicted molar refractivity (Wildman–Crippen MR) is 144 cm³/mol. The van der Waals surface area contributed by atoms with Crippen molar-refractivity contribution in [2.24, 2.45) is 0 Å². The summed E-state index contributed by atoms with van der Waals surface area (Å²) in [5.74, 6) is 0.339. The molecule has 2 amide bonds. The molecular weight excluding hydrogens is 490 g/mol. The predicted octanol–water partition coefficient (Wildman–Crippen LogP) is 4.59. The zero-order valence-electron chi connectivity index (χ0n) is 21.6. The van der Waals surface area contributed by atoms with E-state index in [0.29, 0.717) is 22.7 Å². The molecule has 0 radical (unpaired) electrons. The molecule has 2 aromatic carbocycles. The fourth-order valence-corrected chi connectivity index (χ4v) is 4.76. The third kappa shape index (κ3) is 5.59. The van der Waals surface area contributed by atoms with Crippen molar-refractivity contribution in [2.45, 2.75) is 45.3 Å². The molecular formula is C27H31N5O4S. The summed E-state index contributed by atoms with van der Waals surface area (Å²) >= 11 is 1.41. The minimum atomic E-state index is -0.935. The number of hydrogen-bond acceptors (Lipinski definition) is 7. The van der Waals surface area contributed by atoms with Gasteiger partial charge in [-0.1, -0.05) is 30.3 Å². The largest absolute Gasteiger partial charge is 0.497 e. The molecule has 1 unspecified atom stereocenters. The normalized spacial score (nSPS) is 12.2. The van der Waals surface area contributed by atoms with Gasteiger partial charge in [-0.3, -0.25) is 14.5 Å². The lowest BCUT2D eigenvalue weighted by molar-refractivity contribution is -0.128. The van der Waals surface area contributed by atoms with Crippen LogP contribution in [0.25, 0.3) is 11.0 Å². The second-order valence-electron chi connectivity index (χ2n) is 9.18. The Morgan fingerprint density at radius 1 is 1.11 bits per heavy atom. The number of thiophene rings is 1. The molecule has 0 aliphatic rings. The van der Waals surface area contributed by atoms with Crippen molar-refractivity contribution in [1.82, 2.24) is 20.3 Å². The van der Waals surface area contributed by atoms with Gasteiger partial charge in [-0.2, -0.15) is 0 Å². The van der Waals surface area contributed by atoms with Gasteiger partial charge in [0.2, 0.25) is 11.8 Å².